The number of benzene rings is 2. The molecule has 2 aromatic carbocycles. The number of nitrogens with one attached hydrogen (secondary N) is 2. The standard InChI is InChI=1S/C19H19N3O/c1-13-7-8-15(14(2)11-13)9-10-19(23)20-12-18-21-16-5-3-4-6-17(16)22-18/h3-11H,12H2,1-2H3,(H,20,23)(H,21,22)/b10-9+. The van der Waals surface area contributed by atoms with E-state index in [1.807, 2.05) is 49.4 Å². The molecule has 0 saturated heterocycles. The molecule has 0 aliphatic carbocycles. The van der Waals surface area contributed by atoms with Crippen LogP contribution in [-0.2, 0) is 11.3 Å². The molecule has 0 atom stereocenters. The number of imidazole rings is 1. The summed E-state index contributed by atoms with van der Waals surface area (Å²) < 4.78 is 0. The molecular formula is C19H19N3O. The monoisotopic (exact) mass is 305 g/mol. The van der Waals surface area contributed by atoms with Gasteiger partial charge in [0.15, 0.2) is 0 Å². The van der Waals surface area contributed by atoms with Gasteiger partial charge in [0.25, 0.3) is 0 Å². The first-order valence-corrected chi connectivity index (χ1v) is 7.58. The van der Waals surface area contributed by atoms with Crippen molar-refractivity contribution in [3.05, 3.63) is 71.1 Å². The Morgan fingerprint density at radius 2 is 2.04 bits per heavy atom. The average molecular weight is 305 g/mol. The number of aryl methyl sites for hydroxylation is 2. The van der Waals surface area contributed by atoms with Crippen molar-refractivity contribution in [3.8, 4) is 0 Å². The number of hydrogen-bond acceptors (Lipinski definition) is 2. The number of para-hydroxylation sites is 2. The Kier molecular flexibility index (Phi) is 4.24. The molecule has 0 aliphatic heterocycles. The molecule has 0 aliphatic rings. The van der Waals surface area contributed by atoms with Crippen LogP contribution in [0.15, 0.2) is 48.5 Å². The number of amides is 1. The van der Waals surface area contributed by atoms with Gasteiger partial charge in [0, 0.05) is 6.08 Å². The van der Waals surface area contributed by atoms with Gasteiger partial charge in [-0.3, -0.25) is 4.79 Å². The quantitative estimate of drug-likeness (QED) is 0.725. The van der Waals surface area contributed by atoms with Gasteiger partial charge in [0.05, 0.1) is 17.6 Å². The van der Waals surface area contributed by atoms with E-state index in [1.54, 1.807) is 6.08 Å². The van der Waals surface area contributed by atoms with Crippen molar-refractivity contribution < 1.29 is 4.79 Å². The number of carbonyl (C=O) groups excluding carboxylic acids is 1. The van der Waals surface area contributed by atoms with Gasteiger partial charge in [0.1, 0.15) is 5.82 Å². The summed E-state index contributed by atoms with van der Waals surface area (Å²) in [6.45, 7) is 4.48. The molecule has 0 fully saturated rings. The van der Waals surface area contributed by atoms with Crippen molar-refractivity contribution in [1.29, 1.82) is 0 Å². The van der Waals surface area contributed by atoms with E-state index in [0.717, 1.165) is 28.0 Å². The number of nitrogens with zero attached hydrogens (tertiary/aromatic N) is 1. The van der Waals surface area contributed by atoms with Crippen LogP contribution in [0.25, 0.3) is 17.1 Å². The molecule has 0 saturated carbocycles. The number of aromatic nitrogens is 2. The summed E-state index contributed by atoms with van der Waals surface area (Å²) in [4.78, 5) is 19.6. The van der Waals surface area contributed by atoms with E-state index >= 15 is 0 Å². The molecule has 4 heteroatoms. The highest BCUT2D eigenvalue weighted by atomic mass is 16.1. The molecule has 1 heterocycles. The van der Waals surface area contributed by atoms with E-state index in [-0.39, 0.29) is 5.91 Å². The minimum Gasteiger partial charge on any atom is -0.345 e. The number of carbonyl (C=O) groups is 1. The van der Waals surface area contributed by atoms with E-state index in [4.69, 9.17) is 0 Å². The van der Waals surface area contributed by atoms with Gasteiger partial charge in [-0.15, -0.1) is 0 Å². The van der Waals surface area contributed by atoms with Crippen LogP contribution >= 0.6 is 0 Å². The molecular weight excluding hydrogens is 286 g/mol. The number of fused-ring (bicyclic) bond motifs is 1. The number of aromatic amines is 1. The fraction of sp³-hybridized carbons (Fsp3) is 0.158. The van der Waals surface area contributed by atoms with Crippen LogP contribution in [0.5, 0.6) is 0 Å². The first kappa shape index (κ1) is 15.0. The highest BCUT2D eigenvalue weighted by Crippen LogP contribution is 2.12. The minimum absolute atomic E-state index is 0.134. The summed E-state index contributed by atoms with van der Waals surface area (Å²) in [5.74, 6) is 0.616. The third-order valence-corrected chi connectivity index (χ3v) is 3.71. The minimum atomic E-state index is -0.134. The van der Waals surface area contributed by atoms with E-state index in [2.05, 4.69) is 28.3 Å². The zero-order chi connectivity index (χ0) is 16.2. The number of rotatable bonds is 4. The van der Waals surface area contributed by atoms with Gasteiger partial charge in [0.2, 0.25) is 5.91 Å². The molecule has 0 radical (unpaired) electrons. The van der Waals surface area contributed by atoms with Crippen LogP contribution < -0.4 is 5.32 Å². The molecule has 0 unspecified atom stereocenters. The molecule has 2 N–H and O–H groups in total. The van der Waals surface area contributed by atoms with Crippen molar-refractivity contribution in [2.24, 2.45) is 0 Å². The van der Waals surface area contributed by atoms with Gasteiger partial charge in [-0.05, 0) is 43.2 Å². The SMILES string of the molecule is Cc1ccc(/C=C/C(=O)NCc2nc3ccccc3[nH]2)c(C)c1. The lowest BCUT2D eigenvalue weighted by Gasteiger charge is -2.02. The van der Waals surface area contributed by atoms with Crippen molar-refractivity contribution in [3.63, 3.8) is 0 Å². The molecule has 1 aromatic heterocycles. The maximum Gasteiger partial charge on any atom is 0.244 e. The normalized spacial score (nSPS) is 11.2. The summed E-state index contributed by atoms with van der Waals surface area (Å²) in [7, 11) is 0. The van der Waals surface area contributed by atoms with Gasteiger partial charge in [-0.25, -0.2) is 4.98 Å². The van der Waals surface area contributed by atoms with Crippen molar-refractivity contribution in [2.45, 2.75) is 20.4 Å². The van der Waals surface area contributed by atoms with E-state index in [9.17, 15) is 4.79 Å². The lowest BCUT2D eigenvalue weighted by Crippen LogP contribution is -2.20. The average Bonchev–Trinajstić information content (AvgIpc) is 2.95. The van der Waals surface area contributed by atoms with Crippen LogP contribution in [-0.4, -0.2) is 15.9 Å². The molecule has 1 amide bonds. The second kappa shape index (κ2) is 6.48. The van der Waals surface area contributed by atoms with Crippen molar-refractivity contribution in [1.82, 2.24) is 15.3 Å². The summed E-state index contributed by atoms with van der Waals surface area (Å²) >= 11 is 0. The lowest BCUT2D eigenvalue weighted by atomic mass is 10.1. The number of H-pyrrole nitrogens is 1. The third-order valence-electron chi connectivity index (χ3n) is 3.71. The van der Waals surface area contributed by atoms with Gasteiger partial charge >= 0.3 is 0 Å². The van der Waals surface area contributed by atoms with E-state index in [0.29, 0.717) is 6.54 Å². The Bertz CT molecular complexity index is 844. The first-order chi connectivity index (χ1) is 11.1. The molecule has 4 nitrogen and oxygen atoms in total. The second-order valence-corrected chi connectivity index (χ2v) is 5.61. The zero-order valence-electron chi connectivity index (χ0n) is 13.3. The maximum atomic E-state index is 11.9. The molecule has 3 aromatic rings. The zero-order valence-corrected chi connectivity index (χ0v) is 13.3. The van der Waals surface area contributed by atoms with E-state index < -0.39 is 0 Å². The Balaban J connectivity index is 1.61. The van der Waals surface area contributed by atoms with Gasteiger partial charge < -0.3 is 10.3 Å². The fourth-order valence-electron chi connectivity index (χ4n) is 2.50. The van der Waals surface area contributed by atoms with Crippen LogP contribution in [0.1, 0.15) is 22.5 Å². The third kappa shape index (κ3) is 3.66. The van der Waals surface area contributed by atoms with Crippen molar-refractivity contribution in [2.75, 3.05) is 0 Å². The predicted octanol–water partition coefficient (Wildman–Crippen LogP) is 3.51. The van der Waals surface area contributed by atoms with Crippen LogP contribution in [0, 0.1) is 13.8 Å². The summed E-state index contributed by atoms with van der Waals surface area (Å²) in [6, 6.07) is 14.0. The molecule has 3 rings (SSSR count). The second-order valence-electron chi connectivity index (χ2n) is 5.61. The highest BCUT2D eigenvalue weighted by molar-refractivity contribution is 5.91. The van der Waals surface area contributed by atoms with E-state index in [1.165, 1.54) is 5.56 Å². The van der Waals surface area contributed by atoms with Crippen molar-refractivity contribution >= 4 is 23.0 Å². The molecule has 23 heavy (non-hydrogen) atoms. The lowest BCUT2D eigenvalue weighted by molar-refractivity contribution is -0.116. The van der Waals surface area contributed by atoms with Gasteiger partial charge in [-0.2, -0.15) is 0 Å². The molecule has 0 spiro atoms. The summed E-state index contributed by atoms with van der Waals surface area (Å²) in [5, 5.41) is 2.84. The Labute approximate surface area is 135 Å². The smallest absolute Gasteiger partial charge is 0.244 e. The Morgan fingerprint density at radius 3 is 2.83 bits per heavy atom. The largest absolute Gasteiger partial charge is 0.345 e. The Morgan fingerprint density at radius 1 is 1.22 bits per heavy atom. The van der Waals surface area contributed by atoms with Crippen LogP contribution in [0.3, 0.4) is 0 Å². The summed E-state index contributed by atoms with van der Waals surface area (Å²) in [6.07, 6.45) is 3.39. The van der Waals surface area contributed by atoms with Crippen LogP contribution in [0.4, 0.5) is 0 Å². The van der Waals surface area contributed by atoms with Gasteiger partial charge in [-0.1, -0.05) is 35.9 Å². The topological polar surface area (TPSA) is 57.8 Å². The predicted molar refractivity (Wildman–Crippen MR) is 92.9 cm³/mol. The fourth-order valence-corrected chi connectivity index (χ4v) is 2.50. The highest BCUT2D eigenvalue weighted by Gasteiger charge is 2.03. The Hall–Kier alpha value is -2.88. The maximum absolute atomic E-state index is 11.9. The molecule has 0 bridgehead atoms. The summed E-state index contributed by atoms with van der Waals surface area (Å²) in [5.41, 5.74) is 5.31. The number of hydrogen-bond donors (Lipinski definition) is 2. The first-order valence-electron chi connectivity index (χ1n) is 7.58. The molecule has 116 valence electrons. The van der Waals surface area contributed by atoms with Crippen LogP contribution in [0.2, 0.25) is 0 Å².